The summed E-state index contributed by atoms with van der Waals surface area (Å²) >= 11 is 0. The summed E-state index contributed by atoms with van der Waals surface area (Å²) in [5.74, 6) is 0.452. The molecule has 1 atom stereocenters. The third-order valence-corrected chi connectivity index (χ3v) is 3.08. The lowest BCUT2D eigenvalue weighted by Crippen LogP contribution is -2.31. The SMILES string of the molecule is CCN(Cc1cccc(OC)c1F)CC(C)CN. The second-order valence-electron chi connectivity index (χ2n) is 4.60. The molecule has 102 valence electrons. The number of hydrogen-bond donors (Lipinski definition) is 1. The van der Waals surface area contributed by atoms with Crippen LogP contribution in [0.2, 0.25) is 0 Å². The number of benzene rings is 1. The molecule has 18 heavy (non-hydrogen) atoms. The van der Waals surface area contributed by atoms with Crippen LogP contribution in [0.5, 0.6) is 5.75 Å². The van der Waals surface area contributed by atoms with Crippen LogP contribution in [0.15, 0.2) is 18.2 Å². The predicted molar refractivity (Wildman–Crippen MR) is 72.1 cm³/mol. The number of hydrogen-bond acceptors (Lipinski definition) is 3. The molecule has 0 fully saturated rings. The highest BCUT2D eigenvalue weighted by Gasteiger charge is 2.13. The zero-order chi connectivity index (χ0) is 13.5. The van der Waals surface area contributed by atoms with Gasteiger partial charge in [0.05, 0.1) is 7.11 Å². The highest BCUT2D eigenvalue weighted by Crippen LogP contribution is 2.21. The van der Waals surface area contributed by atoms with E-state index in [2.05, 4.69) is 18.7 Å². The van der Waals surface area contributed by atoms with E-state index < -0.39 is 0 Å². The molecule has 4 heteroatoms. The molecule has 1 aromatic carbocycles. The molecular formula is C14H23FN2O. The van der Waals surface area contributed by atoms with Gasteiger partial charge in [0.25, 0.3) is 0 Å². The maximum absolute atomic E-state index is 14.0. The van der Waals surface area contributed by atoms with Crippen molar-refractivity contribution in [3.63, 3.8) is 0 Å². The van der Waals surface area contributed by atoms with E-state index in [1.165, 1.54) is 7.11 Å². The monoisotopic (exact) mass is 254 g/mol. The van der Waals surface area contributed by atoms with Crippen LogP contribution in [0.25, 0.3) is 0 Å². The topological polar surface area (TPSA) is 38.5 Å². The fourth-order valence-corrected chi connectivity index (χ4v) is 1.90. The van der Waals surface area contributed by atoms with Crippen molar-refractivity contribution in [2.45, 2.75) is 20.4 Å². The summed E-state index contributed by atoms with van der Waals surface area (Å²) in [6.45, 7) is 7.16. The van der Waals surface area contributed by atoms with Crippen LogP contribution >= 0.6 is 0 Å². The van der Waals surface area contributed by atoms with Crippen molar-refractivity contribution in [2.75, 3.05) is 26.7 Å². The summed E-state index contributed by atoms with van der Waals surface area (Å²) in [6, 6.07) is 5.25. The largest absolute Gasteiger partial charge is 0.494 e. The molecule has 1 unspecified atom stereocenters. The Morgan fingerprint density at radius 3 is 2.72 bits per heavy atom. The number of methoxy groups -OCH3 is 1. The van der Waals surface area contributed by atoms with E-state index in [9.17, 15) is 4.39 Å². The van der Waals surface area contributed by atoms with E-state index in [4.69, 9.17) is 10.5 Å². The van der Waals surface area contributed by atoms with Crippen LogP contribution in [0, 0.1) is 11.7 Å². The molecule has 0 aliphatic carbocycles. The van der Waals surface area contributed by atoms with E-state index in [1.807, 2.05) is 6.07 Å². The Kier molecular flexibility index (Phi) is 6.09. The van der Waals surface area contributed by atoms with Crippen molar-refractivity contribution in [2.24, 2.45) is 11.7 Å². The van der Waals surface area contributed by atoms with Crippen LogP contribution in [0.1, 0.15) is 19.4 Å². The number of rotatable bonds is 7. The van der Waals surface area contributed by atoms with Crippen molar-refractivity contribution < 1.29 is 9.13 Å². The normalized spacial score (nSPS) is 12.8. The third-order valence-electron chi connectivity index (χ3n) is 3.08. The second kappa shape index (κ2) is 7.34. The van der Waals surface area contributed by atoms with E-state index in [1.54, 1.807) is 12.1 Å². The molecule has 1 aromatic rings. The number of nitrogens with two attached hydrogens (primary N) is 1. The summed E-state index contributed by atoms with van der Waals surface area (Å²) in [4.78, 5) is 2.19. The zero-order valence-corrected chi connectivity index (χ0v) is 11.4. The second-order valence-corrected chi connectivity index (χ2v) is 4.60. The standard InChI is InChI=1S/C14H23FN2O/c1-4-17(9-11(2)8-16)10-12-6-5-7-13(18-3)14(12)15/h5-7,11H,4,8-10,16H2,1-3H3. The van der Waals surface area contributed by atoms with Crippen molar-refractivity contribution in [3.8, 4) is 5.75 Å². The van der Waals surface area contributed by atoms with Crippen LogP contribution in [-0.4, -0.2) is 31.6 Å². The number of halogens is 1. The average molecular weight is 254 g/mol. The minimum Gasteiger partial charge on any atom is -0.494 e. The lowest BCUT2D eigenvalue weighted by atomic mass is 10.1. The lowest BCUT2D eigenvalue weighted by molar-refractivity contribution is 0.239. The van der Waals surface area contributed by atoms with Gasteiger partial charge < -0.3 is 10.5 Å². The Labute approximate surface area is 109 Å². The summed E-state index contributed by atoms with van der Waals surface area (Å²) in [7, 11) is 1.48. The van der Waals surface area contributed by atoms with Crippen molar-refractivity contribution in [1.82, 2.24) is 4.90 Å². The fraction of sp³-hybridized carbons (Fsp3) is 0.571. The van der Waals surface area contributed by atoms with Crippen LogP contribution in [0.3, 0.4) is 0 Å². The summed E-state index contributed by atoms with van der Waals surface area (Å²) in [5, 5.41) is 0. The Morgan fingerprint density at radius 2 is 2.17 bits per heavy atom. The van der Waals surface area contributed by atoms with Gasteiger partial charge in [-0.2, -0.15) is 0 Å². The summed E-state index contributed by atoms with van der Waals surface area (Å²) < 4.78 is 19.0. The first-order chi connectivity index (χ1) is 8.62. The molecule has 0 aliphatic rings. The van der Waals surface area contributed by atoms with E-state index in [-0.39, 0.29) is 5.82 Å². The van der Waals surface area contributed by atoms with E-state index in [0.717, 1.165) is 13.1 Å². The fourth-order valence-electron chi connectivity index (χ4n) is 1.90. The molecule has 0 bridgehead atoms. The molecule has 0 radical (unpaired) electrons. The van der Waals surface area contributed by atoms with Gasteiger partial charge >= 0.3 is 0 Å². The van der Waals surface area contributed by atoms with Crippen molar-refractivity contribution >= 4 is 0 Å². The Bertz CT molecular complexity index is 371. The molecule has 0 aromatic heterocycles. The van der Waals surface area contributed by atoms with Crippen LogP contribution in [-0.2, 0) is 6.54 Å². The van der Waals surface area contributed by atoms with Crippen LogP contribution < -0.4 is 10.5 Å². The first-order valence-electron chi connectivity index (χ1n) is 6.36. The van der Waals surface area contributed by atoms with Gasteiger partial charge in [0.2, 0.25) is 0 Å². The predicted octanol–water partition coefficient (Wildman–Crippen LogP) is 2.25. The summed E-state index contributed by atoms with van der Waals surface area (Å²) in [6.07, 6.45) is 0. The zero-order valence-electron chi connectivity index (χ0n) is 11.4. The van der Waals surface area contributed by atoms with Gasteiger partial charge in [-0.05, 0) is 25.1 Å². The van der Waals surface area contributed by atoms with Crippen molar-refractivity contribution in [1.29, 1.82) is 0 Å². The minimum absolute atomic E-state index is 0.265. The van der Waals surface area contributed by atoms with Gasteiger partial charge in [-0.1, -0.05) is 26.0 Å². The quantitative estimate of drug-likeness (QED) is 0.811. The highest BCUT2D eigenvalue weighted by molar-refractivity contribution is 5.30. The van der Waals surface area contributed by atoms with Gasteiger partial charge in [0, 0.05) is 18.7 Å². The minimum atomic E-state index is -0.265. The van der Waals surface area contributed by atoms with Crippen molar-refractivity contribution in [3.05, 3.63) is 29.6 Å². The number of ether oxygens (including phenoxy) is 1. The van der Waals surface area contributed by atoms with E-state index in [0.29, 0.717) is 30.3 Å². The Morgan fingerprint density at radius 1 is 1.44 bits per heavy atom. The Hall–Kier alpha value is -1.13. The molecule has 0 spiro atoms. The molecule has 1 rings (SSSR count). The molecule has 2 N–H and O–H groups in total. The van der Waals surface area contributed by atoms with Gasteiger partial charge in [0.1, 0.15) is 0 Å². The van der Waals surface area contributed by atoms with Crippen LogP contribution in [0.4, 0.5) is 4.39 Å². The molecule has 0 saturated heterocycles. The highest BCUT2D eigenvalue weighted by atomic mass is 19.1. The molecule has 3 nitrogen and oxygen atoms in total. The Balaban J connectivity index is 2.75. The van der Waals surface area contributed by atoms with Gasteiger partial charge in [-0.3, -0.25) is 4.90 Å². The lowest BCUT2D eigenvalue weighted by Gasteiger charge is -2.24. The van der Waals surface area contributed by atoms with E-state index >= 15 is 0 Å². The maximum Gasteiger partial charge on any atom is 0.169 e. The third kappa shape index (κ3) is 3.96. The summed E-state index contributed by atoms with van der Waals surface area (Å²) in [5.41, 5.74) is 6.29. The smallest absolute Gasteiger partial charge is 0.169 e. The maximum atomic E-state index is 14.0. The van der Waals surface area contributed by atoms with Gasteiger partial charge in [-0.25, -0.2) is 4.39 Å². The first kappa shape index (κ1) is 14.9. The average Bonchev–Trinajstić information content (AvgIpc) is 2.39. The molecular weight excluding hydrogens is 231 g/mol. The molecule has 0 amide bonds. The first-order valence-corrected chi connectivity index (χ1v) is 6.36. The van der Waals surface area contributed by atoms with Gasteiger partial charge in [-0.15, -0.1) is 0 Å². The molecule has 0 aliphatic heterocycles. The van der Waals surface area contributed by atoms with Gasteiger partial charge in [0.15, 0.2) is 11.6 Å². The molecule has 0 heterocycles. The molecule has 0 saturated carbocycles. The number of nitrogens with zero attached hydrogens (tertiary/aromatic N) is 1.